The van der Waals surface area contributed by atoms with Crippen molar-refractivity contribution in [2.75, 3.05) is 45.0 Å². The van der Waals surface area contributed by atoms with Gasteiger partial charge in [0.05, 0.1) is 12.3 Å². The number of hydrogen-bond acceptors (Lipinski definition) is 6. The maximum absolute atomic E-state index is 13.0. The summed E-state index contributed by atoms with van der Waals surface area (Å²) >= 11 is 1.40. The van der Waals surface area contributed by atoms with Gasteiger partial charge in [-0.15, -0.1) is 10.2 Å². The summed E-state index contributed by atoms with van der Waals surface area (Å²) in [6.07, 6.45) is 0.855. The Labute approximate surface area is 204 Å². The minimum Gasteiger partial charge on any atom is -0.355 e. The van der Waals surface area contributed by atoms with E-state index in [-0.39, 0.29) is 17.6 Å². The van der Waals surface area contributed by atoms with Crippen LogP contribution >= 0.6 is 11.8 Å². The van der Waals surface area contributed by atoms with E-state index in [1.54, 1.807) is 0 Å². The summed E-state index contributed by atoms with van der Waals surface area (Å²) in [4.78, 5) is 28.9. The van der Waals surface area contributed by atoms with Crippen molar-refractivity contribution in [1.82, 2.24) is 29.9 Å². The summed E-state index contributed by atoms with van der Waals surface area (Å²) in [6.45, 7) is 5.77. The fraction of sp³-hybridized carbons (Fsp3) is 0.360. The average molecular weight is 479 g/mol. The van der Waals surface area contributed by atoms with Crippen LogP contribution in [-0.2, 0) is 9.59 Å². The van der Waals surface area contributed by atoms with E-state index < -0.39 is 0 Å². The topological polar surface area (TPSA) is 83.4 Å². The summed E-state index contributed by atoms with van der Waals surface area (Å²) in [6, 6.07) is 19.9. The van der Waals surface area contributed by atoms with Crippen LogP contribution < -0.4 is 5.32 Å². The smallest absolute Gasteiger partial charge is 0.234 e. The van der Waals surface area contributed by atoms with E-state index in [0.29, 0.717) is 37.9 Å². The Balaban J connectivity index is 1.43. The van der Waals surface area contributed by atoms with Gasteiger partial charge in [0.25, 0.3) is 0 Å². The van der Waals surface area contributed by atoms with E-state index in [4.69, 9.17) is 0 Å². The molecule has 0 bridgehead atoms. The number of thioether (sulfide) groups is 1. The molecule has 34 heavy (non-hydrogen) atoms. The molecular weight excluding hydrogens is 448 g/mol. The van der Waals surface area contributed by atoms with Crippen LogP contribution in [0.3, 0.4) is 0 Å². The van der Waals surface area contributed by atoms with Crippen molar-refractivity contribution < 1.29 is 9.59 Å². The van der Waals surface area contributed by atoms with Crippen LogP contribution in [0.2, 0.25) is 0 Å². The molecule has 0 aliphatic carbocycles. The minimum atomic E-state index is 0.0345. The summed E-state index contributed by atoms with van der Waals surface area (Å²) in [5.41, 5.74) is 1.92. The van der Waals surface area contributed by atoms with Crippen molar-refractivity contribution in [3.05, 3.63) is 60.7 Å². The van der Waals surface area contributed by atoms with Gasteiger partial charge in [0.2, 0.25) is 11.8 Å². The Kier molecular flexibility index (Phi) is 8.32. The molecule has 0 saturated carbocycles. The van der Waals surface area contributed by atoms with Crippen molar-refractivity contribution in [3.63, 3.8) is 0 Å². The second-order valence-electron chi connectivity index (χ2n) is 8.10. The number of benzene rings is 2. The highest BCUT2D eigenvalue weighted by Gasteiger charge is 2.22. The SMILES string of the molecule is CCNC(=O)CN1CCCN(C(=O)CSc2nnc(-c3ccccc3)n2-c2ccccc2)CC1. The van der Waals surface area contributed by atoms with Gasteiger partial charge in [-0.05, 0) is 25.5 Å². The van der Waals surface area contributed by atoms with Crippen molar-refractivity contribution in [2.24, 2.45) is 0 Å². The predicted molar refractivity (Wildman–Crippen MR) is 134 cm³/mol. The lowest BCUT2D eigenvalue weighted by Gasteiger charge is -2.21. The van der Waals surface area contributed by atoms with Gasteiger partial charge in [0.1, 0.15) is 0 Å². The fourth-order valence-corrected chi connectivity index (χ4v) is 4.85. The Morgan fingerprint density at radius 3 is 2.41 bits per heavy atom. The first-order chi connectivity index (χ1) is 16.7. The van der Waals surface area contributed by atoms with E-state index in [1.165, 1.54) is 11.8 Å². The number of rotatable bonds is 8. The van der Waals surface area contributed by atoms with Crippen molar-refractivity contribution >= 4 is 23.6 Å². The van der Waals surface area contributed by atoms with Crippen LogP contribution in [0.5, 0.6) is 0 Å². The number of aromatic nitrogens is 3. The van der Waals surface area contributed by atoms with Crippen molar-refractivity contribution in [2.45, 2.75) is 18.5 Å². The van der Waals surface area contributed by atoms with Crippen LogP contribution in [0.4, 0.5) is 0 Å². The Hall–Kier alpha value is -3.17. The van der Waals surface area contributed by atoms with Crippen molar-refractivity contribution in [1.29, 1.82) is 0 Å². The third-order valence-electron chi connectivity index (χ3n) is 5.69. The standard InChI is InChI=1S/C25H30N6O2S/c1-2-26-22(32)18-29-14-9-15-30(17-16-29)23(33)19-34-25-28-27-24(20-10-5-3-6-11-20)31(25)21-12-7-4-8-13-21/h3-8,10-13H,2,9,14-19H2,1H3,(H,26,32). The molecule has 0 atom stereocenters. The molecule has 1 aliphatic rings. The first-order valence-electron chi connectivity index (χ1n) is 11.6. The zero-order chi connectivity index (χ0) is 23.8. The molecule has 9 heteroatoms. The number of carbonyl (C=O) groups is 2. The molecule has 2 amide bonds. The van der Waals surface area contributed by atoms with Gasteiger partial charge in [-0.25, -0.2) is 0 Å². The molecule has 2 aromatic carbocycles. The normalized spacial score (nSPS) is 14.6. The fourth-order valence-electron chi connectivity index (χ4n) is 4.00. The van der Waals surface area contributed by atoms with Crippen molar-refractivity contribution in [3.8, 4) is 17.1 Å². The molecule has 4 rings (SSSR count). The zero-order valence-electron chi connectivity index (χ0n) is 19.4. The lowest BCUT2D eigenvalue weighted by molar-refractivity contribution is -0.128. The first kappa shape index (κ1) is 24.0. The third kappa shape index (κ3) is 6.03. The predicted octanol–water partition coefficient (Wildman–Crippen LogP) is 2.70. The van der Waals surface area contributed by atoms with Crippen LogP contribution in [0, 0.1) is 0 Å². The molecule has 0 spiro atoms. The van der Waals surface area contributed by atoms with Gasteiger partial charge in [-0.3, -0.25) is 19.1 Å². The third-order valence-corrected chi connectivity index (χ3v) is 6.60. The molecule has 0 unspecified atom stereocenters. The maximum Gasteiger partial charge on any atom is 0.234 e. The minimum absolute atomic E-state index is 0.0345. The van der Waals surface area contributed by atoms with E-state index in [0.717, 1.165) is 30.0 Å². The number of hydrogen-bond donors (Lipinski definition) is 1. The first-order valence-corrected chi connectivity index (χ1v) is 12.6. The molecule has 1 N–H and O–H groups in total. The van der Waals surface area contributed by atoms with Gasteiger partial charge < -0.3 is 10.2 Å². The molecule has 2 heterocycles. The summed E-state index contributed by atoms with van der Waals surface area (Å²) in [7, 11) is 0. The Morgan fingerprint density at radius 1 is 0.941 bits per heavy atom. The average Bonchev–Trinajstić information content (AvgIpc) is 3.15. The molecule has 1 fully saturated rings. The Bertz CT molecular complexity index is 1090. The van der Waals surface area contributed by atoms with Gasteiger partial charge in [-0.2, -0.15) is 0 Å². The lowest BCUT2D eigenvalue weighted by atomic mass is 10.2. The number of nitrogens with one attached hydrogen (secondary N) is 1. The molecule has 8 nitrogen and oxygen atoms in total. The van der Waals surface area contributed by atoms with E-state index >= 15 is 0 Å². The van der Waals surface area contributed by atoms with Gasteiger partial charge in [0.15, 0.2) is 11.0 Å². The number of nitrogens with zero attached hydrogens (tertiary/aromatic N) is 5. The van der Waals surface area contributed by atoms with Crippen LogP contribution in [0.15, 0.2) is 65.8 Å². The molecule has 1 aromatic heterocycles. The molecule has 178 valence electrons. The highest BCUT2D eigenvalue weighted by atomic mass is 32.2. The van der Waals surface area contributed by atoms with E-state index in [2.05, 4.69) is 20.4 Å². The highest BCUT2D eigenvalue weighted by Crippen LogP contribution is 2.28. The van der Waals surface area contributed by atoms with Crippen LogP contribution in [-0.4, -0.2) is 81.4 Å². The molecular formula is C25H30N6O2S. The number of likely N-dealkylation sites (N-methyl/N-ethyl adjacent to an activating group) is 1. The van der Waals surface area contributed by atoms with Crippen LogP contribution in [0.1, 0.15) is 13.3 Å². The maximum atomic E-state index is 13.0. The molecule has 0 radical (unpaired) electrons. The van der Waals surface area contributed by atoms with Gasteiger partial charge in [-0.1, -0.05) is 60.3 Å². The van der Waals surface area contributed by atoms with Gasteiger partial charge in [0, 0.05) is 44.0 Å². The van der Waals surface area contributed by atoms with E-state index in [9.17, 15) is 9.59 Å². The lowest BCUT2D eigenvalue weighted by Crippen LogP contribution is -2.40. The Morgan fingerprint density at radius 2 is 1.68 bits per heavy atom. The second kappa shape index (κ2) is 11.8. The second-order valence-corrected chi connectivity index (χ2v) is 9.04. The zero-order valence-corrected chi connectivity index (χ0v) is 20.2. The summed E-state index contributed by atoms with van der Waals surface area (Å²) < 4.78 is 2.00. The summed E-state index contributed by atoms with van der Waals surface area (Å²) in [5, 5.41) is 12.4. The van der Waals surface area contributed by atoms with Crippen LogP contribution in [0.25, 0.3) is 17.1 Å². The number of carbonyl (C=O) groups excluding carboxylic acids is 2. The summed E-state index contributed by atoms with van der Waals surface area (Å²) in [5.74, 6) is 1.15. The van der Waals surface area contributed by atoms with Gasteiger partial charge >= 0.3 is 0 Å². The van der Waals surface area contributed by atoms with E-state index in [1.807, 2.05) is 77.1 Å². The number of amides is 2. The highest BCUT2D eigenvalue weighted by molar-refractivity contribution is 7.99. The molecule has 1 saturated heterocycles. The largest absolute Gasteiger partial charge is 0.355 e. The molecule has 1 aliphatic heterocycles. The quantitative estimate of drug-likeness (QED) is 0.501. The molecule has 3 aromatic rings. The number of para-hydroxylation sites is 1. The monoisotopic (exact) mass is 478 g/mol.